The van der Waals surface area contributed by atoms with Crippen molar-refractivity contribution in [2.45, 2.75) is 0 Å². The molecule has 0 saturated heterocycles. The Morgan fingerprint density at radius 1 is 1.19 bits per heavy atom. The predicted molar refractivity (Wildman–Crippen MR) is 58.4 cm³/mol. The molecule has 7 nitrogen and oxygen atoms in total. The molecule has 7 heteroatoms. The fourth-order valence-corrected chi connectivity index (χ4v) is 1.47. The van der Waals surface area contributed by atoms with Gasteiger partial charge in [0.05, 0.1) is 16.5 Å². The summed E-state index contributed by atoms with van der Waals surface area (Å²) in [5.41, 5.74) is 4.22. The summed E-state index contributed by atoms with van der Waals surface area (Å²) < 4.78 is 0. The molecular weight excluding hydrogens is 212 g/mol. The molecule has 5 N–H and O–H groups in total. The molecule has 2 aromatic rings. The van der Waals surface area contributed by atoms with Gasteiger partial charge in [-0.3, -0.25) is 19.8 Å². The van der Waals surface area contributed by atoms with Crippen molar-refractivity contribution in [2.75, 3.05) is 5.32 Å². The van der Waals surface area contributed by atoms with Crippen molar-refractivity contribution < 1.29 is 4.79 Å². The number of aromatic amines is 2. The molecule has 16 heavy (non-hydrogen) atoms. The van der Waals surface area contributed by atoms with Crippen LogP contribution < -0.4 is 22.2 Å². The van der Waals surface area contributed by atoms with Crippen LogP contribution in [-0.2, 0) is 0 Å². The van der Waals surface area contributed by atoms with Gasteiger partial charge in [-0.1, -0.05) is 6.07 Å². The van der Waals surface area contributed by atoms with E-state index in [9.17, 15) is 14.4 Å². The van der Waals surface area contributed by atoms with Gasteiger partial charge >= 0.3 is 6.03 Å². The highest BCUT2D eigenvalue weighted by molar-refractivity contribution is 6.00. The highest BCUT2D eigenvalue weighted by Crippen LogP contribution is 2.15. The minimum atomic E-state index is -0.799. The van der Waals surface area contributed by atoms with E-state index in [0.29, 0.717) is 0 Å². The molecule has 0 saturated carbocycles. The van der Waals surface area contributed by atoms with Crippen molar-refractivity contribution in [1.82, 2.24) is 10.2 Å². The molecule has 0 fully saturated rings. The van der Waals surface area contributed by atoms with Crippen LogP contribution in [0.25, 0.3) is 10.8 Å². The van der Waals surface area contributed by atoms with Gasteiger partial charge in [0.1, 0.15) is 0 Å². The lowest BCUT2D eigenvalue weighted by molar-refractivity contribution is 0.259. The number of aromatic nitrogens is 2. The maximum atomic E-state index is 11.5. The van der Waals surface area contributed by atoms with Gasteiger partial charge in [0, 0.05) is 0 Å². The average Bonchev–Trinajstić information content (AvgIpc) is 2.23. The number of carbonyl (C=O) groups excluding carboxylic acids is 1. The SMILES string of the molecule is NC(=O)Nc1cccc2c(=O)[nH][nH]c(=O)c12. The molecule has 1 heterocycles. The van der Waals surface area contributed by atoms with Crippen LogP contribution in [0.2, 0.25) is 0 Å². The molecule has 0 spiro atoms. The van der Waals surface area contributed by atoms with E-state index in [1.54, 1.807) is 6.07 Å². The lowest BCUT2D eigenvalue weighted by Crippen LogP contribution is -2.23. The van der Waals surface area contributed by atoms with E-state index in [1.807, 2.05) is 0 Å². The lowest BCUT2D eigenvalue weighted by atomic mass is 10.1. The number of benzene rings is 1. The van der Waals surface area contributed by atoms with Crippen molar-refractivity contribution >= 4 is 22.5 Å². The maximum Gasteiger partial charge on any atom is 0.316 e. The number of urea groups is 1. The number of carbonyl (C=O) groups is 1. The van der Waals surface area contributed by atoms with E-state index >= 15 is 0 Å². The van der Waals surface area contributed by atoms with E-state index in [-0.39, 0.29) is 16.5 Å². The first-order valence-electron chi connectivity index (χ1n) is 4.40. The second-order valence-electron chi connectivity index (χ2n) is 3.13. The zero-order valence-corrected chi connectivity index (χ0v) is 8.03. The van der Waals surface area contributed by atoms with E-state index in [0.717, 1.165) is 0 Å². The number of hydrogen-bond acceptors (Lipinski definition) is 3. The Morgan fingerprint density at radius 3 is 2.56 bits per heavy atom. The molecule has 0 radical (unpaired) electrons. The van der Waals surface area contributed by atoms with E-state index in [1.165, 1.54) is 12.1 Å². The molecule has 82 valence electrons. The molecule has 1 aromatic heterocycles. The number of primary amides is 1. The van der Waals surface area contributed by atoms with Crippen molar-refractivity contribution in [1.29, 1.82) is 0 Å². The summed E-state index contributed by atoms with van der Waals surface area (Å²) in [6, 6.07) is 3.71. The molecule has 2 amide bonds. The van der Waals surface area contributed by atoms with Gasteiger partial charge in [-0.2, -0.15) is 0 Å². The van der Waals surface area contributed by atoms with Crippen LogP contribution in [0.4, 0.5) is 10.5 Å². The highest BCUT2D eigenvalue weighted by Gasteiger charge is 2.08. The summed E-state index contributed by atoms with van der Waals surface area (Å²) in [5.74, 6) is 0. The van der Waals surface area contributed by atoms with Gasteiger partial charge in [-0.05, 0) is 12.1 Å². The molecular formula is C9H8N4O3. The van der Waals surface area contributed by atoms with E-state index < -0.39 is 17.1 Å². The van der Waals surface area contributed by atoms with Gasteiger partial charge in [-0.25, -0.2) is 4.79 Å². The third-order valence-electron chi connectivity index (χ3n) is 2.08. The van der Waals surface area contributed by atoms with Crippen LogP contribution in [-0.4, -0.2) is 16.2 Å². The standard InChI is InChI=1S/C9H8N4O3/c10-9(16)11-5-3-1-2-4-6(5)8(15)13-12-7(4)14/h1-3H,(H,12,14)(H,13,15)(H3,10,11,16). The van der Waals surface area contributed by atoms with Crippen molar-refractivity contribution in [3.05, 3.63) is 38.9 Å². The van der Waals surface area contributed by atoms with Crippen LogP contribution in [0.5, 0.6) is 0 Å². The molecule has 2 rings (SSSR count). The Morgan fingerprint density at radius 2 is 1.88 bits per heavy atom. The summed E-state index contributed by atoms with van der Waals surface area (Å²) in [7, 11) is 0. The Balaban J connectivity index is 2.86. The predicted octanol–water partition coefficient (Wildman–Crippen LogP) is -0.293. The fraction of sp³-hybridized carbons (Fsp3) is 0. The minimum Gasteiger partial charge on any atom is -0.351 e. The zero-order chi connectivity index (χ0) is 11.7. The summed E-state index contributed by atoms with van der Waals surface area (Å²) in [6.45, 7) is 0. The topological polar surface area (TPSA) is 121 Å². The molecule has 0 unspecified atom stereocenters. The van der Waals surface area contributed by atoms with Crippen LogP contribution in [0.15, 0.2) is 27.8 Å². The first kappa shape index (κ1) is 9.97. The van der Waals surface area contributed by atoms with Crippen LogP contribution >= 0.6 is 0 Å². The van der Waals surface area contributed by atoms with Crippen molar-refractivity contribution in [3.63, 3.8) is 0 Å². The molecule has 0 atom stereocenters. The average molecular weight is 220 g/mol. The molecule has 0 aliphatic carbocycles. The zero-order valence-electron chi connectivity index (χ0n) is 8.03. The first-order valence-corrected chi connectivity index (χ1v) is 4.40. The number of rotatable bonds is 1. The van der Waals surface area contributed by atoms with Gasteiger partial charge in [0.25, 0.3) is 11.1 Å². The minimum absolute atomic E-state index is 0.102. The lowest BCUT2D eigenvalue weighted by Gasteiger charge is -2.04. The molecule has 0 aliphatic rings. The fourth-order valence-electron chi connectivity index (χ4n) is 1.47. The Kier molecular flexibility index (Phi) is 2.20. The number of fused-ring (bicyclic) bond motifs is 1. The summed E-state index contributed by atoms with van der Waals surface area (Å²) in [4.78, 5) is 33.6. The quantitative estimate of drug-likeness (QED) is 0.528. The Bertz CT molecular complexity index is 670. The number of H-pyrrole nitrogens is 2. The largest absolute Gasteiger partial charge is 0.351 e. The monoisotopic (exact) mass is 220 g/mol. The Hall–Kier alpha value is -2.57. The third kappa shape index (κ3) is 1.54. The molecule has 0 bridgehead atoms. The van der Waals surface area contributed by atoms with Crippen LogP contribution in [0.1, 0.15) is 0 Å². The second kappa shape index (κ2) is 3.54. The number of hydrogen-bond donors (Lipinski definition) is 4. The molecule has 0 aliphatic heterocycles. The van der Waals surface area contributed by atoms with Gasteiger partial charge in [0.2, 0.25) is 0 Å². The van der Waals surface area contributed by atoms with Gasteiger partial charge in [-0.15, -0.1) is 0 Å². The normalized spacial score (nSPS) is 10.2. The highest BCUT2D eigenvalue weighted by atomic mass is 16.2. The van der Waals surface area contributed by atoms with Gasteiger partial charge < -0.3 is 11.1 Å². The van der Waals surface area contributed by atoms with Crippen molar-refractivity contribution in [3.8, 4) is 0 Å². The number of nitrogens with two attached hydrogens (primary N) is 1. The molecule has 1 aromatic carbocycles. The van der Waals surface area contributed by atoms with Crippen LogP contribution in [0.3, 0.4) is 0 Å². The summed E-state index contributed by atoms with van der Waals surface area (Å²) in [5, 5.41) is 6.93. The Labute approximate surface area is 88.3 Å². The number of nitrogens with one attached hydrogen (secondary N) is 3. The number of amides is 2. The van der Waals surface area contributed by atoms with Crippen molar-refractivity contribution in [2.24, 2.45) is 5.73 Å². The van der Waals surface area contributed by atoms with Gasteiger partial charge in [0.15, 0.2) is 0 Å². The smallest absolute Gasteiger partial charge is 0.316 e. The summed E-state index contributed by atoms with van der Waals surface area (Å²) >= 11 is 0. The van der Waals surface area contributed by atoms with E-state index in [2.05, 4.69) is 15.5 Å². The summed E-state index contributed by atoms with van der Waals surface area (Å²) in [6.07, 6.45) is 0. The first-order chi connectivity index (χ1) is 7.59. The number of anilines is 1. The van der Waals surface area contributed by atoms with Crippen LogP contribution in [0, 0.1) is 0 Å². The second-order valence-corrected chi connectivity index (χ2v) is 3.13. The maximum absolute atomic E-state index is 11.5. The van der Waals surface area contributed by atoms with E-state index in [4.69, 9.17) is 5.73 Å². The third-order valence-corrected chi connectivity index (χ3v) is 2.08.